The fraction of sp³-hybridized carbons (Fsp3) is 0.438. The number of ether oxygens (including phenoxy) is 1. The van der Waals surface area contributed by atoms with Crippen LogP contribution in [-0.2, 0) is 11.3 Å². The molecule has 0 saturated carbocycles. The van der Waals surface area contributed by atoms with E-state index in [0.717, 1.165) is 29.6 Å². The lowest BCUT2D eigenvalue weighted by atomic mass is 10.1. The second-order valence-electron chi connectivity index (χ2n) is 5.18. The average molecular weight is 289 g/mol. The standard InChI is InChI=1S/C16H23N3O2/c1-12(10-17-7-8-21-2)18-11-13-9-16(20)19-15-6-4-3-5-14(13)15/h3-6,9,12,17-18H,7-8,10-11H2,1-2H3,(H,19,20). The fourth-order valence-corrected chi connectivity index (χ4v) is 2.27. The zero-order chi connectivity index (χ0) is 15.1. The molecular weight excluding hydrogens is 266 g/mol. The van der Waals surface area contributed by atoms with Gasteiger partial charge < -0.3 is 20.4 Å². The third kappa shape index (κ3) is 4.67. The molecule has 0 fully saturated rings. The Kier molecular flexibility index (Phi) is 5.92. The largest absolute Gasteiger partial charge is 0.383 e. The highest BCUT2D eigenvalue weighted by atomic mass is 16.5. The van der Waals surface area contributed by atoms with E-state index in [4.69, 9.17) is 4.74 Å². The lowest BCUT2D eigenvalue weighted by molar-refractivity contribution is 0.198. The summed E-state index contributed by atoms with van der Waals surface area (Å²) in [7, 11) is 1.70. The predicted molar refractivity (Wildman–Crippen MR) is 85.6 cm³/mol. The van der Waals surface area contributed by atoms with Crippen molar-refractivity contribution in [3.05, 3.63) is 46.2 Å². The molecule has 0 saturated heterocycles. The van der Waals surface area contributed by atoms with Gasteiger partial charge in [0.25, 0.3) is 0 Å². The molecule has 21 heavy (non-hydrogen) atoms. The average Bonchev–Trinajstić information content (AvgIpc) is 2.49. The quantitative estimate of drug-likeness (QED) is 0.640. The Balaban J connectivity index is 1.95. The molecule has 2 aromatic rings. The lowest BCUT2D eigenvalue weighted by Crippen LogP contribution is -2.37. The first-order valence-electron chi connectivity index (χ1n) is 7.24. The number of hydrogen-bond donors (Lipinski definition) is 3. The van der Waals surface area contributed by atoms with E-state index in [-0.39, 0.29) is 5.56 Å². The van der Waals surface area contributed by atoms with E-state index in [1.807, 2.05) is 24.3 Å². The molecule has 3 N–H and O–H groups in total. The smallest absolute Gasteiger partial charge is 0.248 e. The number of pyridine rings is 1. The van der Waals surface area contributed by atoms with Gasteiger partial charge in [-0.1, -0.05) is 18.2 Å². The van der Waals surface area contributed by atoms with Crippen LogP contribution in [0.1, 0.15) is 12.5 Å². The second kappa shape index (κ2) is 7.93. The molecular formula is C16H23N3O2. The van der Waals surface area contributed by atoms with Gasteiger partial charge in [-0.2, -0.15) is 0 Å². The Morgan fingerprint density at radius 1 is 1.33 bits per heavy atom. The molecule has 1 aromatic heterocycles. The Bertz CT molecular complexity index is 624. The molecule has 1 unspecified atom stereocenters. The Labute approximate surface area is 124 Å². The van der Waals surface area contributed by atoms with E-state index in [2.05, 4.69) is 22.5 Å². The molecule has 2 rings (SSSR count). The molecule has 0 aliphatic carbocycles. The van der Waals surface area contributed by atoms with Gasteiger partial charge in [-0.3, -0.25) is 4.79 Å². The van der Waals surface area contributed by atoms with Gasteiger partial charge in [0.05, 0.1) is 6.61 Å². The number of aromatic amines is 1. The van der Waals surface area contributed by atoms with Crippen LogP contribution in [0.4, 0.5) is 0 Å². The Morgan fingerprint density at radius 2 is 2.14 bits per heavy atom. The van der Waals surface area contributed by atoms with E-state index in [0.29, 0.717) is 19.2 Å². The van der Waals surface area contributed by atoms with Crippen molar-refractivity contribution in [1.29, 1.82) is 0 Å². The van der Waals surface area contributed by atoms with Gasteiger partial charge in [-0.15, -0.1) is 0 Å². The number of fused-ring (bicyclic) bond motifs is 1. The van der Waals surface area contributed by atoms with Crippen molar-refractivity contribution in [3.63, 3.8) is 0 Å². The summed E-state index contributed by atoms with van der Waals surface area (Å²) >= 11 is 0. The Morgan fingerprint density at radius 3 is 2.95 bits per heavy atom. The summed E-state index contributed by atoms with van der Waals surface area (Å²) in [6, 6.07) is 9.86. The number of para-hydroxylation sites is 1. The predicted octanol–water partition coefficient (Wildman–Crippen LogP) is 1.24. The van der Waals surface area contributed by atoms with Crippen LogP contribution in [0, 0.1) is 0 Å². The zero-order valence-corrected chi connectivity index (χ0v) is 12.6. The van der Waals surface area contributed by atoms with E-state index >= 15 is 0 Å². The topological polar surface area (TPSA) is 66.2 Å². The summed E-state index contributed by atoms with van der Waals surface area (Å²) in [5.41, 5.74) is 1.85. The zero-order valence-electron chi connectivity index (χ0n) is 12.6. The molecule has 0 bridgehead atoms. The molecule has 0 radical (unpaired) electrons. The van der Waals surface area contributed by atoms with Crippen molar-refractivity contribution in [3.8, 4) is 0 Å². The summed E-state index contributed by atoms with van der Waals surface area (Å²) in [5, 5.41) is 7.84. The molecule has 5 heteroatoms. The third-order valence-corrected chi connectivity index (χ3v) is 3.41. The van der Waals surface area contributed by atoms with Crippen molar-refractivity contribution in [2.45, 2.75) is 19.5 Å². The Hall–Kier alpha value is -1.69. The first-order chi connectivity index (χ1) is 10.2. The maximum Gasteiger partial charge on any atom is 0.248 e. The van der Waals surface area contributed by atoms with Gasteiger partial charge in [0.2, 0.25) is 5.56 Å². The molecule has 1 aromatic carbocycles. The monoisotopic (exact) mass is 289 g/mol. The summed E-state index contributed by atoms with van der Waals surface area (Å²) < 4.78 is 4.99. The van der Waals surface area contributed by atoms with Crippen LogP contribution in [0.15, 0.2) is 35.1 Å². The first kappa shape index (κ1) is 15.7. The van der Waals surface area contributed by atoms with Gasteiger partial charge in [-0.05, 0) is 18.6 Å². The van der Waals surface area contributed by atoms with Crippen LogP contribution in [0.5, 0.6) is 0 Å². The SMILES string of the molecule is COCCNCC(C)NCc1cc(=O)[nH]c2ccccc12. The number of aromatic nitrogens is 1. The number of nitrogens with one attached hydrogen (secondary N) is 3. The van der Waals surface area contributed by atoms with Crippen LogP contribution < -0.4 is 16.2 Å². The summed E-state index contributed by atoms with van der Waals surface area (Å²) in [6.45, 7) is 5.22. The van der Waals surface area contributed by atoms with Crippen molar-refractivity contribution < 1.29 is 4.74 Å². The number of methoxy groups -OCH3 is 1. The molecule has 0 aliphatic heterocycles. The maximum atomic E-state index is 11.7. The normalized spacial score (nSPS) is 12.7. The molecule has 0 amide bonds. The molecule has 114 valence electrons. The lowest BCUT2D eigenvalue weighted by Gasteiger charge is -2.15. The van der Waals surface area contributed by atoms with E-state index in [1.165, 1.54) is 0 Å². The van der Waals surface area contributed by atoms with Gasteiger partial charge in [0, 0.05) is 49.8 Å². The maximum absolute atomic E-state index is 11.7. The van der Waals surface area contributed by atoms with Gasteiger partial charge >= 0.3 is 0 Å². The summed E-state index contributed by atoms with van der Waals surface area (Å²) in [4.78, 5) is 14.5. The van der Waals surface area contributed by atoms with E-state index in [9.17, 15) is 4.79 Å². The fourth-order valence-electron chi connectivity index (χ4n) is 2.27. The third-order valence-electron chi connectivity index (χ3n) is 3.41. The van der Waals surface area contributed by atoms with Crippen molar-refractivity contribution >= 4 is 10.9 Å². The highest BCUT2D eigenvalue weighted by Crippen LogP contribution is 2.14. The molecule has 1 heterocycles. The number of rotatable bonds is 8. The molecule has 5 nitrogen and oxygen atoms in total. The number of H-pyrrole nitrogens is 1. The summed E-state index contributed by atoms with van der Waals surface area (Å²) in [6.07, 6.45) is 0. The minimum absolute atomic E-state index is 0.0589. The van der Waals surface area contributed by atoms with Crippen molar-refractivity contribution in [2.75, 3.05) is 26.8 Å². The molecule has 0 aliphatic rings. The highest BCUT2D eigenvalue weighted by molar-refractivity contribution is 5.81. The minimum Gasteiger partial charge on any atom is -0.383 e. The van der Waals surface area contributed by atoms with Gasteiger partial charge in [0.1, 0.15) is 0 Å². The minimum atomic E-state index is -0.0589. The van der Waals surface area contributed by atoms with Crippen molar-refractivity contribution in [1.82, 2.24) is 15.6 Å². The first-order valence-corrected chi connectivity index (χ1v) is 7.24. The van der Waals surface area contributed by atoms with Crippen LogP contribution in [-0.4, -0.2) is 37.8 Å². The van der Waals surface area contributed by atoms with Gasteiger partial charge in [-0.25, -0.2) is 0 Å². The molecule has 1 atom stereocenters. The van der Waals surface area contributed by atoms with Crippen LogP contribution >= 0.6 is 0 Å². The highest BCUT2D eigenvalue weighted by Gasteiger charge is 2.05. The number of benzene rings is 1. The van der Waals surface area contributed by atoms with Crippen molar-refractivity contribution in [2.24, 2.45) is 0 Å². The van der Waals surface area contributed by atoms with E-state index in [1.54, 1.807) is 13.2 Å². The van der Waals surface area contributed by atoms with Crippen LogP contribution in [0.25, 0.3) is 10.9 Å². The second-order valence-corrected chi connectivity index (χ2v) is 5.18. The van der Waals surface area contributed by atoms with Gasteiger partial charge in [0.15, 0.2) is 0 Å². The van der Waals surface area contributed by atoms with E-state index < -0.39 is 0 Å². The van der Waals surface area contributed by atoms with Crippen LogP contribution in [0.3, 0.4) is 0 Å². The number of hydrogen-bond acceptors (Lipinski definition) is 4. The van der Waals surface area contributed by atoms with Crippen LogP contribution in [0.2, 0.25) is 0 Å². The summed E-state index contributed by atoms with van der Waals surface area (Å²) in [5.74, 6) is 0. The molecule has 0 spiro atoms.